The van der Waals surface area contributed by atoms with Crippen LogP contribution in [-0.2, 0) is 9.59 Å². The summed E-state index contributed by atoms with van der Waals surface area (Å²) in [6.07, 6.45) is 0. The van der Waals surface area contributed by atoms with Crippen LogP contribution < -0.4 is 16.2 Å². The van der Waals surface area contributed by atoms with E-state index in [1.165, 1.54) is 13.0 Å². The first-order valence-corrected chi connectivity index (χ1v) is 5.15. The number of benzene rings is 1. The van der Waals surface area contributed by atoms with Crippen molar-refractivity contribution in [2.45, 2.75) is 13.0 Å². The average Bonchev–Trinajstić information content (AvgIpc) is 2.60. The van der Waals surface area contributed by atoms with Gasteiger partial charge in [0.15, 0.2) is 0 Å². The third-order valence-corrected chi connectivity index (χ3v) is 2.79. The average molecular weight is 251 g/mol. The number of fused-ring (bicyclic) bond motifs is 1. The Kier molecular flexibility index (Phi) is 2.84. The number of halogens is 1. The molecule has 18 heavy (non-hydrogen) atoms. The number of hydrogen-bond donors (Lipinski definition) is 2. The molecule has 1 heterocycles. The van der Waals surface area contributed by atoms with Crippen molar-refractivity contribution < 1.29 is 18.8 Å². The number of carbonyl (C=O) groups excluding carboxylic acids is 3. The van der Waals surface area contributed by atoms with Crippen LogP contribution in [0.5, 0.6) is 0 Å². The summed E-state index contributed by atoms with van der Waals surface area (Å²) in [4.78, 5) is 35.8. The lowest BCUT2D eigenvalue weighted by molar-refractivity contribution is -0.124. The van der Waals surface area contributed by atoms with Crippen molar-refractivity contribution in [2.75, 3.05) is 4.90 Å². The van der Waals surface area contributed by atoms with Gasteiger partial charge in [-0.2, -0.15) is 0 Å². The van der Waals surface area contributed by atoms with Crippen molar-refractivity contribution in [1.29, 1.82) is 0 Å². The lowest BCUT2D eigenvalue weighted by atomic mass is 10.1. The maximum absolute atomic E-state index is 13.2. The molecule has 0 aliphatic carbocycles. The lowest BCUT2D eigenvalue weighted by Gasteiger charge is -2.22. The van der Waals surface area contributed by atoms with E-state index in [0.29, 0.717) is 0 Å². The number of carbonyl (C=O) groups is 3. The molecule has 1 aliphatic rings. The van der Waals surface area contributed by atoms with Crippen LogP contribution in [0.25, 0.3) is 0 Å². The first-order chi connectivity index (χ1) is 8.47. The maximum atomic E-state index is 13.2. The van der Waals surface area contributed by atoms with Crippen LogP contribution in [-0.4, -0.2) is 23.6 Å². The van der Waals surface area contributed by atoms with Gasteiger partial charge in [0, 0.05) is 0 Å². The largest absolute Gasteiger partial charge is 0.300 e. The molecular weight excluding hydrogens is 241 g/mol. The number of nitrogens with one attached hydrogen (secondary N) is 1. The third kappa shape index (κ3) is 1.65. The molecule has 0 saturated heterocycles. The van der Waals surface area contributed by atoms with Gasteiger partial charge in [-0.05, 0) is 25.1 Å². The monoisotopic (exact) mass is 251 g/mol. The second-order valence-electron chi connectivity index (χ2n) is 3.85. The van der Waals surface area contributed by atoms with Gasteiger partial charge < -0.3 is 0 Å². The summed E-state index contributed by atoms with van der Waals surface area (Å²) >= 11 is 0. The fourth-order valence-corrected chi connectivity index (χ4v) is 1.85. The highest BCUT2D eigenvalue weighted by Gasteiger charge is 2.40. The summed E-state index contributed by atoms with van der Waals surface area (Å²) in [6.45, 7) is 1.40. The number of rotatable bonds is 2. The number of anilines is 1. The zero-order chi connectivity index (χ0) is 13.4. The molecular formula is C11H10FN3O3. The van der Waals surface area contributed by atoms with E-state index in [2.05, 4.69) is 0 Å². The van der Waals surface area contributed by atoms with E-state index in [4.69, 9.17) is 5.84 Å². The second kappa shape index (κ2) is 4.19. The van der Waals surface area contributed by atoms with Crippen molar-refractivity contribution in [2.24, 2.45) is 5.84 Å². The number of Topliss-reactive ketones (excluding diaryl/α,β-unsaturated/α-hetero) is 1. The molecule has 1 aliphatic heterocycles. The Morgan fingerprint density at radius 3 is 2.72 bits per heavy atom. The van der Waals surface area contributed by atoms with Gasteiger partial charge in [0.05, 0.1) is 11.3 Å². The van der Waals surface area contributed by atoms with Gasteiger partial charge in [0.2, 0.25) is 0 Å². The summed E-state index contributed by atoms with van der Waals surface area (Å²) in [5.74, 6) is 2.10. The standard InChI is InChI=1S/C11H10FN3O3/c1-5(10(17)14-13)15-8-4-6(12)2-3-7(8)9(16)11(15)18/h2-5H,13H2,1H3,(H,14,17). The Balaban J connectivity index is 2.51. The van der Waals surface area contributed by atoms with Crippen LogP contribution >= 0.6 is 0 Å². The minimum absolute atomic E-state index is 0.0815. The van der Waals surface area contributed by atoms with Crippen LogP contribution in [0, 0.1) is 5.82 Å². The summed E-state index contributed by atoms with van der Waals surface area (Å²) in [5.41, 5.74) is 2.05. The number of nitrogens with zero attached hydrogens (tertiary/aromatic N) is 1. The van der Waals surface area contributed by atoms with E-state index in [1.807, 2.05) is 5.43 Å². The number of amides is 2. The Morgan fingerprint density at radius 2 is 2.11 bits per heavy atom. The summed E-state index contributed by atoms with van der Waals surface area (Å²) < 4.78 is 13.2. The maximum Gasteiger partial charge on any atom is 0.300 e. The van der Waals surface area contributed by atoms with Crippen LogP contribution in [0.1, 0.15) is 17.3 Å². The lowest BCUT2D eigenvalue weighted by Crippen LogP contribution is -2.49. The predicted molar refractivity (Wildman–Crippen MR) is 60.0 cm³/mol. The minimum Gasteiger partial charge on any atom is -0.292 e. The number of nitrogens with two attached hydrogens (primary N) is 1. The predicted octanol–water partition coefficient (Wildman–Crippen LogP) is -0.267. The van der Waals surface area contributed by atoms with Crippen LogP contribution in [0.2, 0.25) is 0 Å². The molecule has 3 N–H and O–H groups in total. The molecule has 0 spiro atoms. The van der Waals surface area contributed by atoms with E-state index < -0.39 is 29.5 Å². The van der Waals surface area contributed by atoms with Crippen molar-refractivity contribution in [3.05, 3.63) is 29.6 Å². The molecule has 0 saturated carbocycles. The van der Waals surface area contributed by atoms with Gasteiger partial charge in [-0.25, -0.2) is 10.2 Å². The van der Waals surface area contributed by atoms with E-state index in [1.54, 1.807) is 0 Å². The molecule has 94 valence electrons. The van der Waals surface area contributed by atoms with Crippen LogP contribution in [0.3, 0.4) is 0 Å². The van der Waals surface area contributed by atoms with Gasteiger partial charge in [0.1, 0.15) is 11.9 Å². The molecule has 0 aromatic heterocycles. The van der Waals surface area contributed by atoms with E-state index >= 15 is 0 Å². The first-order valence-electron chi connectivity index (χ1n) is 5.15. The molecule has 2 rings (SSSR count). The van der Waals surface area contributed by atoms with Crippen LogP contribution in [0.15, 0.2) is 18.2 Å². The van der Waals surface area contributed by atoms with Gasteiger partial charge >= 0.3 is 0 Å². The summed E-state index contributed by atoms with van der Waals surface area (Å²) in [7, 11) is 0. The molecule has 6 nitrogen and oxygen atoms in total. The highest BCUT2D eigenvalue weighted by molar-refractivity contribution is 6.52. The summed E-state index contributed by atoms with van der Waals surface area (Å²) in [6, 6.07) is 2.35. The Hall–Kier alpha value is -2.28. The zero-order valence-electron chi connectivity index (χ0n) is 9.44. The molecule has 1 atom stereocenters. The quantitative estimate of drug-likeness (QED) is 0.327. The molecule has 7 heteroatoms. The normalized spacial score (nSPS) is 15.6. The topological polar surface area (TPSA) is 92.5 Å². The third-order valence-electron chi connectivity index (χ3n) is 2.79. The smallest absolute Gasteiger partial charge is 0.292 e. The Morgan fingerprint density at radius 1 is 1.44 bits per heavy atom. The van der Waals surface area contributed by atoms with Gasteiger partial charge in [-0.1, -0.05) is 0 Å². The van der Waals surface area contributed by atoms with Crippen molar-refractivity contribution in [3.63, 3.8) is 0 Å². The molecule has 2 amide bonds. The van der Waals surface area contributed by atoms with Gasteiger partial charge in [0.25, 0.3) is 17.6 Å². The zero-order valence-corrected chi connectivity index (χ0v) is 9.44. The summed E-state index contributed by atoms with van der Waals surface area (Å²) in [5, 5.41) is 0. The number of hydrogen-bond acceptors (Lipinski definition) is 4. The number of ketones is 1. The second-order valence-corrected chi connectivity index (χ2v) is 3.85. The first kappa shape index (κ1) is 12.2. The number of hydrazine groups is 1. The molecule has 1 unspecified atom stereocenters. The molecule has 0 fully saturated rings. The van der Waals surface area contributed by atoms with Crippen molar-refractivity contribution in [3.8, 4) is 0 Å². The molecule has 1 aromatic rings. The minimum atomic E-state index is -0.991. The molecule has 0 bridgehead atoms. The Labute approximate surface area is 102 Å². The fourth-order valence-electron chi connectivity index (χ4n) is 1.85. The van der Waals surface area contributed by atoms with Crippen molar-refractivity contribution in [1.82, 2.24) is 5.43 Å². The fraction of sp³-hybridized carbons (Fsp3) is 0.182. The van der Waals surface area contributed by atoms with Crippen molar-refractivity contribution >= 4 is 23.3 Å². The molecule has 0 radical (unpaired) electrons. The van der Waals surface area contributed by atoms with E-state index in [0.717, 1.165) is 17.0 Å². The van der Waals surface area contributed by atoms with E-state index in [-0.39, 0.29) is 11.3 Å². The Bertz CT molecular complexity index is 558. The van der Waals surface area contributed by atoms with Gasteiger partial charge in [-0.3, -0.25) is 24.7 Å². The molecule has 1 aromatic carbocycles. The highest BCUT2D eigenvalue weighted by atomic mass is 19.1. The van der Waals surface area contributed by atoms with Crippen LogP contribution in [0.4, 0.5) is 10.1 Å². The highest BCUT2D eigenvalue weighted by Crippen LogP contribution is 2.31. The van der Waals surface area contributed by atoms with Gasteiger partial charge in [-0.15, -0.1) is 0 Å². The van der Waals surface area contributed by atoms with E-state index in [9.17, 15) is 18.8 Å². The SMILES string of the molecule is CC(C(=O)NN)N1C(=O)C(=O)c2ccc(F)cc21.